The highest BCUT2D eigenvalue weighted by Gasteiger charge is 2.14. The van der Waals surface area contributed by atoms with Crippen LogP contribution in [0.3, 0.4) is 0 Å². The summed E-state index contributed by atoms with van der Waals surface area (Å²) in [5, 5.41) is 12.6. The number of rotatable bonds is 7. The highest BCUT2D eigenvalue weighted by molar-refractivity contribution is 5.99. The van der Waals surface area contributed by atoms with Crippen molar-refractivity contribution >= 4 is 34.7 Å². The number of aryl methyl sites for hydroxylation is 1. The summed E-state index contributed by atoms with van der Waals surface area (Å²) in [5.41, 5.74) is 1.80. The number of nitrogens with one attached hydrogen (secondary N) is 3. The zero-order valence-electron chi connectivity index (χ0n) is 17.4. The lowest BCUT2D eigenvalue weighted by Gasteiger charge is -2.14. The van der Waals surface area contributed by atoms with Gasteiger partial charge in [-0.2, -0.15) is 10.1 Å². The third kappa shape index (κ3) is 5.15. The highest BCUT2D eigenvalue weighted by Crippen LogP contribution is 2.31. The molecule has 9 nitrogen and oxygen atoms in total. The van der Waals surface area contributed by atoms with Crippen molar-refractivity contribution in [3.05, 3.63) is 79.5 Å². The van der Waals surface area contributed by atoms with Crippen molar-refractivity contribution in [3.8, 4) is 11.1 Å². The minimum absolute atomic E-state index is 0.0357. The number of pyridine rings is 1. The molecule has 0 aliphatic carbocycles. The van der Waals surface area contributed by atoms with E-state index in [2.05, 4.69) is 42.6 Å². The van der Waals surface area contributed by atoms with Gasteiger partial charge >= 0.3 is 0 Å². The average Bonchev–Trinajstić information content (AvgIpc) is 3.20. The fourth-order valence-electron chi connectivity index (χ4n) is 2.94. The van der Waals surface area contributed by atoms with E-state index in [9.17, 15) is 13.6 Å². The summed E-state index contributed by atoms with van der Waals surface area (Å²) in [5.74, 6) is -1.18. The third-order valence-electron chi connectivity index (χ3n) is 4.44. The van der Waals surface area contributed by atoms with Crippen LogP contribution in [0.5, 0.6) is 0 Å². The minimum Gasteiger partial charge on any atom is -0.337 e. The Labute approximate surface area is 187 Å². The number of hydrogen-bond acceptors (Lipinski definition) is 7. The second-order valence-electron chi connectivity index (χ2n) is 6.89. The summed E-state index contributed by atoms with van der Waals surface area (Å²) in [6.07, 6.45) is 8.40. The lowest BCUT2D eigenvalue weighted by Crippen LogP contribution is -2.08. The van der Waals surface area contributed by atoms with Crippen LogP contribution >= 0.6 is 0 Å². The van der Waals surface area contributed by atoms with Gasteiger partial charge in [0, 0.05) is 42.5 Å². The van der Waals surface area contributed by atoms with Crippen LogP contribution in [-0.2, 0) is 11.8 Å². The van der Waals surface area contributed by atoms with Gasteiger partial charge in [0.1, 0.15) is 17.5 Å². The fourth-order valence-corrected chi connectivity index (χ4v) is 2.94. The number of amides is 1. The number of hydrogen-bond donors (Lipinski definition) is 3. The Morgan fingerprint density at radius 1 is 1.09 bits per heavy atom. The van der Waals surface area contributed by atoms with Gasteiger partial charge < -0.3 is 16.0 Å². The number of halogens is 2. The molecule has 1 amide bonds. The monoisotopic (exact) mass is 448 g/mol. The Hall–Kier alpha value is -4.67. The predicted octanol–water partition coefficient (Wildman–Crippen LogP) is 4.16. The van der Waals surface area contributed by atoms with Gasteiger partial charge in [-0.3, -0.25) is 14.5 Å². The van der Waals surface area contributed by atoms with E-state index in [1.165, 1.54) is 36.7 Å². The van der Waals surface area contributed by atoms with Crippen LogP contribution in [-0.4, -0.2) is 30.6 Å². The van der Waals surface area contributed by atoms with Crippen LogP contribution in [0.2, 0.25) is 0 Å². The molecule has 33 heavy (non-hydrogen) atoms. The number of nitrogens with zero attached hydrogens (tertiary/aromatic N) is 5. The van der Waals surface area contributed by atoms with Crippen LogP contribution in [0, 0.1) is 11.6 Å². The molecule has 4 rings (SSSR count). The lowest BCUT2D eigenvalue weighted by atomic mass is 10.1. The molecule has 3 aromatic heterocycles. The quantitative estimate of drug-likeness (QED) is 0.364. The normalized spacial score (nSPS) is 10.5. The largest absolute Gasteiger partial charge is 0.337 e. The van der Waals surface area contributed by atoms with Crippen LogP contribution in [0.25, 0.3) is 11.1 Å². The molecule has 4 aromatic rings. The van der Waals surface area contributed by atoms with E-state index in [-0.39, 0.29) is 17.5 Å². The maximum absolute atomic E-state index is 14.6. The molecule has 1 aromatic carbocycles. The van der Waals surface area contributed by atoms with Crippen molar-refractivity contribution in [3.63, 3.8) is 0 Å². The molecule has 0 fully saturated rings. The zero-order chi connectivity index (χ0) is 23.4. The Morgan fingerprint density at radius 2 is 1.94 bits per heavy atom. The Balaban J connectivity index is 1.74. The third-order valence-corrected chi connectivity index (χ3v) is 4.44. The van der Waals surface area contributed by atoms with Crippen LogP contribution in [0.15, 0.2) is 67.9 Å². The molecule has 0 aliphatic rings. The molecule has 3 N–H and O–H groups in total. The summed E-state index contributed by atoms with van der Waals surface area (Å²) in [6.45, 7) is 3.39. The molecule has 0 saturated carbocycles. The fraction of sp³-hybridized carbons (Fsp3) is 0.0455. The molecule has 166 valence electrons. The summed E-state index contributed by atoms with van der Waals surface area (Å²) < 4.78 is 30.0. The second kappa shape index (κ2) is 9.22. The topological polar surface area (TPSA) is 110 Å². The Morgan fingerprint density at radius 3 is 2.67 bits per heavy atom. The van der Waals surface area contributed by atoms with E-state index in [4.69, 9.17) is 0 Å². The molecule has 0 spiro atoms. The zero-order valence-corrected chi connectivity index (χ0v) is 17.4. The van der Waals surface area contributed by atoms with E-state index in [0.717, 1.165) is 12.3 Å². The number of benzene rings is 1. The first-order valence-electron chi connectivity index (χ1n) is 9.65. The van der Waals surface area contributed by atoms with Crippen LogP contribution in [0.1, 0.15) is 0 Å². The first-order chi connectivity index (χ1) is 15.9. The number of aromatic nitrogens is 5. The van der Waals surface area contributed by atoms with Gasteiger partial charge in [-0.05, 0) is 30.3 Å². The van der Waals surface area contributed by atoms with E-state index < -0.39 is 17.5 Å². The standard InChI is InChI=1S/C22H18F2N8O/c1-3-20(33)28-15-4-5-18(24)19(7-15)30-21-17(13-6-14(23)9-25-8-13)11-26-22(31-21)29-16-10-27-32(2)12-16/h3-12H,1H2,2H3,(H,28,33)(H2,26,29,30,31). The van der Waals surface area contributed by atoms with Crippen molar-refractivity contribution in [1.29, 1.82) is 0 Å². The van der Waals surface area contributed by atoms with Gasteiger partial charge in [-0.25, -0.2) is 13.8 Å². The number of carbonyl (C=O) groups is 1. The van der Waals surface area contributed by atoms with Crippen molar-refractivity contribution in [1.82, 2.24) is 24.7 Å². The molecule has 0 saturated heterocycles. The maximum Gasteiger partial charge on any atom is 0.247 e. The number of carbonyl (C=O) groups excluding carboxylic acids is 1. The summed E-state index contributed by atoms with van der Waals surface area (Å²) in [4.78, 5) is 24.2. The Bertz CT molecular complexity index is 1340. The van der Waals surface area contributed by atoms with Crippen molar-refractivity contribution in [2.24, 2.45) is 7.05 Å². The van der Waals surface area contributed by atoms with E-state index in [1.54, 1.807) is 24.1 Å². The smallest absolute Gasteiger partial charge is 0.247 e. The number of anilines is 5. The summed E-state index contributed by atoms with van der Waals surface area (Å²) >= 11 is 0. The molecule has 0 aliphatic heterocycles. The first kappa shape index (κ1) is 21.6. The van der Waals surface area contributed by atoms with E-state index >= 15 is 0 Å². The maximum atomic E-state index is 14.6. The van der Waals surface area contributed by atoms with Gasteiger partial charge in [0.15, 0.2) is 0 Å². The van der Waals surface area contributed by atoms with Crippen LogP contribution in [0.4, 0.5) is 37.6 Å². The highest BCUT2D eigenvalue weighted by atomic mass is 19.1. The lowest BCUT2D eigenvalue weighted by molar-refractivity contribution is -0.111. The van der Waals surface area contributed by atoms with Crippen molar-refractivity contribution in [2.45, 2.75) is 0 Å². The second-order valence-corrected chi connectivity index (χ2v) is 6.89. The van der Waals surface area contributed by atoms with Gasteiger partial charge in [0.2, 0.25) is 11.9 Å². The molecule has 0 bridgehead atoms. The molecule has 0 atom stereocenters. The molecule has 0 radical (unpaired) electrons. The summed E-state index contributed by atoms with van der Waals surface area (Å²) in [6, 6.07) is 5.28. The van der Waals surface area contributed by atoms with Gasteiger partial charge in [-0.1, -0.05) is 6.58 Å². The molecule has 0 unspecified atom stereocenters. The molecular formula is C22H18F2N8O. The van der Waals surface area contributed by atoms with Crippen molar-refractivity contribution in [2.75, 3.05) is 16.0 Å². The SMILES string of the molecule is C=CC(=O)Nc1ccc(F)c(Nc2nc(Nc3cnn(C)c3)ncc2-c2cncc(F)c2)c1. The van der Waals surface area contributed by atoms with Gasteiger partial charge in [0.25, 0.3) is 0 Å². The van der Waals surface area contributed by atoms with Crippen molar-refractivity contribution < 1.29 is 13.6 Å². The van der Waals surface area contributed by atoms with Gasteiger partial charge in [0.05, 0.1) is 23.8 Å². The minimum atomic E-state index is -0.588. The molecule has 11 heteroatoms. The first-order valence-corrected chi connectivity index (χ1v) is 9.65. The molecule has 3 heterocycles. The predicted molar refractivity (Wildman–Crippen MR) is 120 cm³/mol. The average molecular weight is 448 g/mol. The van der Waals surface area contributed by atoms with E-state index in [1.807, 2.05) is 0 Å². The molecular weight excluding hydrogens is 430 g/mol. The summed E-state index contributed by atoms with van der Waals surface area (Å²) in [7, 11) is 1.76. The van der Waals surface area contributed by atoms with Crippen LogP contribution < -0.4 is 16.0 Å². The van der Waals surface area contributed by atoms with E-state index in [0.29, 0.717) is 22.5 Å². The van der Waals surface area contributed by atoms with Gasteiger partial charge in [-0.15, -0.1) is 0 Å². The Kier molecular flexibility index (Phi) is 6.02.